The number of Topliss-reactive ketones (excluding diaryl/α,β-unsaturated/α-hetero) is 1. The first-order valence-electron chi connectivity index (χ1n) is 7.19. The molecule has 3 aromatic rings. The fourth-order valence-corrected chi connectivity index (χ4v) is 3.38. The topological polar surface area (TPSA) is 17.1 Å². The van der Waals surface area contributed by atoms with E-state index in [1.807, 2.05) is 42.5 Å². The molecular weight excluding hydrogens is 314 g/mol. The zero-order chi connectivity index (χ0) is 16.4. The van der Waals surface area contributed by atoms with E-state index in [0.29, 0.717) is 0 Å². The lowest BCUT2D eigenvalue weighted by Gasteiger charge is -2.11. The number of rotatable bonds is 4. The second-order valence-corrected chi connectivity index (χ2v) is 6.68. The summed E-state index contributed by atoms with van der Waals surface area (Å²) in [6.07, 6.45) is 0. The Morgan fingerprint density at radius 2 is 1.65 bits per heavy atom. The molecular formula is C19H14F2OS. The Kier molecular flexibility index (Phi) is 4.44. The van der Waals surface area contributed by atoms with E-state index in [2.05, 4.69) is 0 Å². The van der Waals surface area contributed by atoms with Crippen molar-refractivity contribution >= 4 is 28.3 Å². The fraction of sp³-hybridized carbons (Fsp3) is 0.105. The fourth-order valence-electron chi connectivity index (χ4n) is 2.38. The van der Waals surface area contributed by atoms with E-state index in [4.69, 9.17) is 0 Å². The maximum Gasteiger partial charge on any atom is 0.175 e. The number of hydrogen-bond acceptors (Lipinski definition) is 2. The number of thioether (sulfide) groups is 1. The largest absolute Gasteiger partial charge is 0.293 e. The summed E-state index contributed by atoms with van der Waals surface area (Å²) >= 11 is 1.41. The molecule has 0 saturated carbocycles. The van der Waals surface area contributed by atoms with Gasteiger partial charge in [-0.15, -0.1) is 11.8 Å². The third-order valence-electron chi connectivity index (χ3n) is 3.61. The van der Waals surface area contributed by atoms with Crippen molar-refractivity contribution in [3.05, 3.63) is 77.9 Å². The van der Waals surface area contributed by atoms with Gasteiger partial charge in [0.1, 0.15) is 0 Å². The molecule has 1 atom stereocenters. The number of carbonyl (C=O) groups excluding carboxylic acids is 1. The predicted molar refractivity (Wildman–Crippen MR) is 90.0 cm³/mol. The van der Waals surface area contributed by atoms with E-state index < -0.39 is 11.6 Å². The summed E-state index contributed by atoms with van der Waals surface area (Å²) in [7, 11) is 0. The van der Waals surface area contributed by atoms with Crippen LogP contribution in [0.5, 0.6) is 0 Å². The average Bonchev–Trinajstić information content (AvgIpc) is 2.56. The summed E-state index contributed by atoms with van der Waals surface area (Å²) in [5.74, 6) is -2.17. The smallest absolute Gasteiger partial charge is 0.175 e. The van der Waals surface area contributed by atoms with Crippen LogP contribution in [-0.4, -0.2) is 11.0 Å². The monoisotopic (exact) mass is 328 g/mol. The van der Waals surface area contributed by atoms with E-state index in [0.717, 1.165) is 27.8 Å². The van der Waals surface area contributed by atoms with Crippen LogP contribution < -0.4 is 0 Å². The summed E-state index contributed by atoms with van der Waals surface area (Å²) in [5.41, 5.74) is 0.185. The minimum absolute atomic E-state index is 0.185. The van der Waals surface area contributed by atoms with Crippen molar-refractivity contribution in [2.24, 2.45) is 0 Å². The van der Waals surface area contributed by atoms with Gasteiger partial charge in [-0.05, 0) is 48.0 Å². The molecule has 0 aliphatic carbocycles. The number of carbonyl (C=O) groups is 1. The van der Waals surface area contributed by atoms with Gasteiger partial charge < -0.3 is 0 Å². The zero-order valence-electron chi connectivity index (χ0n) is 12.4. The maximum absolute atomic E-state index is 13.3. The molecule has 0 radical (unpaired) electrons. The Labute approximate surface area is 137 Å². The Bertz CT molecular complexity index is 876. The highest BCUT2D eigenvalue weighted by Gasteiger charge is 2.18. The van der Waals surface area contributed by atoms with Gasteiger partial charge in [0, 0.05) is 10.5 Å². The Hall–Kier alpha value is -2.20. The van der Waals surface area contributed by atoms with Gasteiger partial charge in [-0.3, -0.25) is 4.79 Å². The third-order valence-corrected chi connectivity index (χ3v) is 4.70. The second-order valence-electron chi connectivity index (χ2n) is 5.26. The first kappa shape index (κ1) is 15.7. The zero-order valence-corrected chi connectivity index (χ0v) is 13.2. The van der Waals surface area contributed by atoms with E-state index in [1.54, 1.807) is 6.92 Å². The molecule has 3 rings (SSSR count). The highest BCUT2D eigenvalue weighted by atomic mass is 32.2. The first-order valence-corrected chi connectivity index (χ1v) is 8.07. The molecule has 4 heteroatoms. The Morgan fingerprint density at radius 1 is 0.913 bits per heavy atom. The minimum atomic E-state index is -1.00. The quantitative estimate of drug-likeness (QED) is 0.466. The van der Waals surface area contributed by atoms with Gasteiger partial charge in [0.2, 0.25) is 0 Å². The van der Waals surface area contributed by atoms with Gasteiger partial charge in [0.25, 0.3) is 0 Å². The normalized spacial score (nSPS) is 12.3. The number of hydrogen-bond donors (Lipinski definition) is 0. The lowest BCUT2D eigenvalue weighted by Crippen LogP contribution is -2.13. The van der Waals surface area contributed by atoms with Crippen LogP contribution >= 0.6 is 11.8 Å². The molecule has 0 heterocycles. The van der Waals surface area contributed by atoms with Crippen LogP contribution in [0.25, 0.3) is 10.8 Å². The molecule has 0 bridgehead atoms. The highest BCUT2D eigenvalue weighted by Crippen LogP contribution is 2.28. The number of halogens is 2. The van der Waals surface area contributed by atoms with Crippen molar-refractivity contribution in [3.8, 4) is 0 Å². The van der Waals surface area contributed by atoms with Crippen LogP contribution in [0.2, 0.25) is 0 Å². The van der Waals surface area contributed by atoms with Crippen molar-refractivity contribution in [2.45, 2.75) is 17.1 Å². The highest BCUT2D eigenvalue weighted by molar-refractivity contribution is 8.00. The average molecular weight is 328 g/mol. The molecule has 116 valence electrons. The van der Waals surface area contributed by atoms with E-state index in [9.17, 15) is 13.6 Å². The van der Waals surface area contributed by atoms with Gasteiger partial charge in [-0.25, -0.2) is 8.78 Å². The van der Waals surface area contributed by atoms with Crippen molar-refractivity contribution in [2.75, 3.05) is 0 Å². The molecule has 0 aliphatic heterocycles. The Balaban J connectivity index is 1.80. The predicted octanol–water partition coefficient (Wildman–Crippen LogP) is 5.48. The lowest BCUT2D eigenvalue weighted by molar-refractivity contribution is 0.0993. The van der Waals surface area contributed by atoms with Gasteiger partial charge in [-0.2, -0.15) is 0 Å². The number of fused-ring (bicyclic) bond motifs is 1. The van der Waals surface area contributed by atoms with Crippen LogP contribution in [0.3, 0.4) is 0 Å². The third kappa shape index (κ3) is 3.42. The summed E-state index contributed by atoms with van der Waals surface area (Å²) in [6, 6.07) is 17.2. The summed E-state index contributed by atoms with van der Waals surface area (Å²) in [6.45, 7) is 1.77. The van der Waals surface area contributed by atoms with E-state index in [1.165, 1.54) is 17.8 Å². The van der Waals surface area contributed by atoms with Crippen molar-refractivity contribution in [3.63, 3.8) is 0 Å². The van der Waals surface area contributed by atoms with Crippen LogP contribution in [0.15, 0.2) is 65.6 Å². The first-order chi connectivity index (χ1) is 11.0. The Morgan fingerprint density at radius 3 is 2.39 bits per heavy atom. The molecule has 0 aromatic heterocycles. The molecule has 0 aliphatic rings. The maximum atomic E-state index is 13.3. The lowest BCUT2D eigenvalue weighted by atomic mass is 10.1. The van der Waals surface area contributed by atoms with Gasteiger partial charge in [0.15, 0.2) is 17.4 Å². The molecule has 0 saturated heterocycles. The van der Waals surface area contributed by atoms with Crippen LogP contribution in [0.4, 0.5) is 8.78 Å². The van der Waals surface area contributed by atoms with Gasteiger partial charge in [0.05, 0.1) is 5.25 Å². The van der Waals surface area contributed by atoms with Crippen LogP contribution in [0, 0.1) is 11.6 Å². The summed E-state index contributed by atoms with van der Waals surface area (Å²) in [4.78, 5) is 13.3. The molecule has 0 amide bonds. The van der Waals surface area contributed by atoms with Crippen molar-refractivity contribution in [1.29, 1.82) is 0 Å². The van der Waals surface area contributed by atoms with Crippen molar-refractivity contribution < 1.29 is 13.6 Å². The van der Waals surface area contributed by atoms with Crippen molar-refractivity contribution in [1.82, 2.24) is 0 Å². The van der Waals surface area contributed by atoms with Gasteiger partial charge in [-0.1, -0.05) is 30.3 Å². The SMILES string of the molecule is C[C@H](Sc1ccc2ccccc2c1)C(=O)c1ccc(F)c(F)c1. The second kappa shape index (κ2) is 6.50. The van der Waals surface area contributed by atoms with Crippen LogP contribution in [0.1, 0.15) is 17.3 Å². The van der Waals surface area contributed by atoms with E-state index >= 15 is 0 Å². The minimum Gasteiger partial charge on any atom is -0.293 e. The molecule has 0 unspecified atom stereocenters. The number of benzene rings is 3. The number of ketones is 1. The molecule has 0 fully saturated rings. The van der Waals surface area contributed by atoms with Gasteiger partial charge >= 0.3 is 0 Å². The summed E-state index contributed by atoms with van der Waals surface area (Å²) < 4.78 is 26.2. The summed E-state index contributed by atoms with van der Waals surface area (Å²) in [5, 5.41) is 1.85. The molecule has 23 heavy (non-hydrogen) atoms. The molecule has 3 aromatic carbocycles. The molecule has 1 nitrogen and oxygen atoms in total. The van der Waals surface area contributed by atoms with E-state index in [-0.39, 0.29) is 16.6 Å². The molecule has 0 N–H and O–H groups in total. The van der Waals surface area contributed by atoms with Crippen LogP contribution in [-0.2, 0) is 0 Å². The molecule has 0 spiro atoms. The standard InChI is InChI=1S/C19H14F2OS/c1-12(19(22)15-7-9-17(20)18(21)11-15)23-16-8-6-13-4-2-3-5-14(13)10-16/h2-12H,1H3/t12-/m0/s1.